The van der Waals surface area contributed by atoms with E-state index in [1.807, 2.05) is 73.1 Å². The Morgan fingerprint density at radius 3 is 1.24 bits per heavy atom. The van der Waals surface area contributed by atoms with Gasteiger partial charge in [0.15, 0.2) is 30.6 Å². The molecule has 0 spiro atoms. The Morgan fingerprint density at radius 2 is 0.737 bits per heavy atom. The first-order chi connectivity index (χ1) is 18.7. The molecule has 2 heterocycles. The molecule has 0 fully saturated rings. The van der Waals surface area contributed by atoms with Gasteiger partial charge < -0.3 is 0 Å². The van der Waals surface area contributed by atoms with E-state index in [0.717, 1.165) is 22.5 Å². The molecule has 6 rings (SSSR count). The van der Waals surface area contributed by atoms with E-state index in [9.17, 15) is 4.79 Å². The summed E-state index contributed by atoms with van der Waals surface area (Å²) < 4.78 is 4.18. The summed E-state index contributed by atoms with van der Waals surface area (Å²) in [6.07, 6.45) is 8.28. The van der Waals surface area contributed by atoms with E-state index in [2.05, 4.69) is 94.3 Å². The predicted octanol–water partition coefficient (Wildman–Crippen LogP) is 6.81. The van der Waals surface area contributed by atoms with Crippen molar-refractivity contribution in [3.63, 3.8) is 0 Å². The quantitative estimate of drug-likeness (QED) is 0.186. The van der Waals surface area contributed by atoms with Crippen LogP contribution in [0.4, 0.5) is 0 Å². The summed E-state index contributed by atoms with van der Waals surface area (Å²) in [5, 5.41) is 0. The summed E-state index contributed by atoms with van der Waals surface area (Å²) in [7, 11) is 0. The van der Waals surface area contributed by atoms with Crippen LogP contribution in [0.1, 0.15) is 15.9 Å². The van der Waals surface area contributed by atoms with Crippen LogP contribution in [0.25, 0.3) is 33.6 Å². The zero-order valence-electron chi connectivity index (χ0n) is 20.8. The van der Waals surface area contributed by atoms with Gasteiger partial charge in [-0.05, 0) is 46.5 Å². The number of carbonyl (C=O) groups excluding carboxylic acids is 1. The predicted molar refractivity (Wildman–Crippen MR) is 150 cm³/mol. The maximum atomic E-state index is 12.7. The Kier molecular flexibility index (Phi) is 6.40. The Bertz CT molecular complexity index is 1660. The van der Waals surface area contributed by atoms with Gasteiger partial charge in [0.05, 0.1) is 0 Å². The van der Waals surface area contributed by atoms with Crippen LogP contribution in [0.2, 0.25) is 0 Å². The molecule has 180 valence electrons. The molecule has 3 heteroatoms. The third-order valence-corrected chi connectivity index (χ3v) is 6.73. The van der Waals surface area contributed by atoms with Crippen LogP contribution >= 0.6 is 0 Å². The van der Waals surface area contributed by atoms with E-state index in [-0.39, 0.29) is 5.78 Å². The van der Waals surface area contributed by atoms with Crippen molar-refractivity contribution in [2.24, 2.45) is 0 Å². The van der Waals surface area contributed by atoms with Crippen LogP contribution in [0.3, 0.4) is 0 Å². The van der Waals surface area contributed by atoms with Crippen molar-refractivity contribution in [2.75, 3.05) is 0 Å². The van der Waals surface area contributed by atoms with Crippen LogP contribution in [0.5, 0.6) is 0 Å². The molecule has 0 atom stereocenters. The summed E-state index contributed by atoms with van der Waals surface area (Å²) in [5.74, 6) is 0.0333. The average molecular weight is 491 g/mol. The summed E-state index contributed by atoms with van der Waals surface area (Å²) in [6, 6.07) is 44.6. The molecule has 2 aromatic heterocycles. The number of ketones is 1. The number of carbonyl (C=O) groups is 1. The second-order valence-corrected chi connectivity index (χ2v) is 9.14. The van der Waals surface area contributed by atoms with Crippen molar-refractivity contribution < 1.29 is 13.9 Å². The van der Waals surface area contributed by atoms with Gasteiger partial charge in [-0.25, -0.2) is 0 Å². The highest BCUT2D eigenvalue weighted by atomic mass is 16.1. The fourth-order valence-corrected chi connectivity index (χ4v) is 4.58. The molecule has 0 saturated heterocycles. The van der Waals surface area contributed by atoms with Crippen LogP contribution < -0.4 is 9.13 Å². The van der Waals surface area contributed by atoms with Crippen LogP contribution in [0.15, 0.2) is 158 Å². The number of benzene rings is 4. The van der Waals surface area contributed by atoms with Gasteiger partial charge in [0.1, 0.15) is 0 Å². The fraction of sp³-hybridized carbons (Fsp3) is 0. The third-order valence-electron chi connectivity index (χ3n) is 6.73. The van der Waals surface area contributed by atoms with Crippen LogP contribution in [-0.2, 0) is 0 Å². The first kappa shape index (κ1) is 23.3. The zero-order valence-corrected chi connectivity index (χ0v) is 20.8. The molecule has 0 unspecified atom stereocenters. The highest BCUT2D eigenvalue weighted by molar-refractivity contribution is 6.09. The Hall–Kier alpha value is -5.15. The topological polar surface area (TPSA) is 24.8 Å². The van der Waals surface area contributed by atoms with Gasteiger partial charge in [-0.1, -0.05) is 60.7 Å². The van der Waals surface area contributed by atoms with Crippen LogP contribution in [-0.4, -0.2) is 5.78 Å². The van der Waals surface area contributed by atoms with Crippen molar-refractivity contribution in [1.29, 1.82) is 0 Å². The number of nitrogens with zero attached hydrogens (tertiary/aromatic N) is 2. The summed E-state index contributed by atoms with van der Waals surface area (Å²) >= 11 is 0. The van der Waals surface area contributed by atoms with Crippen molar-refractivity contribution >= 4 is 5.78 Å². The molecule has 0 aliphatic carbocycles. The third kappa shape index (κ3) is 4.91. The Labute approximate surface area is 222 Å². The lowest BCUT2D eigenvalue weighted by Gasteiger charge is -2.04. The van der Waals surface area contributed by atoms with Gasteiger partial charge in [0.25, 0.3) is 0 Å². The summed E-state index contributed by atoms with van der Waals surface area (Å²) in [5.41, 5.74) is 8.23. The molecule has 6 aromatic rings. The zero-order chi connectivity index (χ0) is 25.7. The Balaban J connectivity index is 1.15. The number of hydrogen-bond donors (Lipinski definition) is 0. The van der Waals surface area contributed by atoms with Crippen LogP contribution in [0, 0.1) is 0 Å². The van der Waals surface area contributed by atoms with E-state index >= 15 is 0 Å². The maximum absolute atomic E-state index is 12.7. The van der Waals surface area contributed by atoms with E-state index in [0.29, 0.717) is 11.1 Å². The molecule has 0 aliphatic rings. The average Bonchev–Trinajstić information content (AvgIpc) is 3.02. The molecule has 0 bridgehead atoms. The smallest absolute Gasteiger partial charge is 0.210 e. The van der Waals surface area contributed by atoms with Gasteiger partial charge in [0.2, 0.25) is 11.4 Å². The number of pyridine rings is 2. The Morgan fingerprint density at radius 1 is 0.368 bits per heavy atom. The SMILES string of the molecule is O=C(c1ccccc1)c1ccc(-[n+]2ccc(-c3cc[n+](-c4ccc(-c5ccccc5)cc4)cc3)cc2)cc1. The summed E-state index contributed by atoms with van der Waals surface area (Å²) in [6.45, 7) is 0. The highest BCUT2D eigenvalue weighted by Gasteiger charge is 2.12. The van der Waals surface area contributed by atoms with E-state index < -0.39 is 0 Å². The highest BCUT2D eigenvalue weighted by Crippen LogP contribution is 2.20. The fourth-order valence-electron chi connectivity index (χ4n) is 4.58. The lowest BCUT2D eigenvalue weighted by Crippen LogP contribution is -2.29. The van der Waals surface area contributed by atoms with Gasteiger partial charge >= 0.3 is 0 Å². The summed E-state index contributed by atoms with van der Waals surface area (Å²) in [4.78, 5) is 12.7. The normalized spacial score (nSPS) is 10.7. The van der Waals surface area contributed by atoms with Gasteiger partial charge in [-0.3, -0.25) is 4.79 Å². The molecule has 0 N–H and O–H groups in total. The van der Waals surface area contributed by atoms with Gasteiger partial charge in [0, 0.05) is 59.7 Å². The van der Waals surface area contributed by atoms with Gasteiger partial charge in [-0.2, -0.15) is 9.13 Å². The largest absolute Gasteiger partial charge is 0.289 e. The van der Waals surface area contributed by atoms with E-state index in [1.165, 1.54) is 11.1 Å². The van der Waals surface area contributed by atoms with Crippen molar-refractivity contribution in [2.45, 2.75) is 0 Å². The number of hydrogen-bond acceptors (Lipinski definition) is 1. The molecule has 3 nitrogen and oxygen atoms in total. The van der Waals surface area contributed by atoms with Crippen molar-refractivity contribution in [3.05, 3.63) is 169 Å². The molecular formula is C35H26N2O+2. The minimum absolute atomic E-state index is 0.0333. The minimum atomic E-state index is 0.0333. The molecule has 38 heavy (non-hydrogen) atoms. The second-order valence-electron chi connectivity index (χ2n) is 9.14. The molecule has 0 aliphatic heterocycles. The molecule has 4 aromatic carbocycles. The van der Waals surface area contributed by atoms with Crippen molar-refractivity contribution in [1.82, 2.24) is 0 Å². The molecule has 0 amide bonds. The molecular weight excluding hydrogens is 464 g/mol. The second kappa shape index (κ2) is 10.5. The first-order valence-corrected chi connectivity index (χ1v) is 12.6. The van der Waals surface area contributed by atoms with Gasteiger partial charge in [-0.15, -0.1) is 0 Å². The van der Waals surface area contributed by atoms with E-state index in [1.54, 1.807) is 0 Å². The monoisotopic (exact) mass is 490 g/mol. The van der Waals surface area contributed by atoms with E-state index in [4.69, 9.17) is 0 Å². The lowest BCUT2D eigenvalue weighted by molar-refractivity contribution is -0.596. The molecule has 0 radical (unpaired) electrons. The lowest BCUT2D eigenvalue weighted by atomic mass is 10.0. The number of aromatic nitrogens is 2. The standard InChI is InChI=1S/C35H26N2O/c38-35(31-9-5-2-6-10-31)32-13-17-34(18-14-32)37-25-21-30(22-26-37)29-19-23-36(24-20-29)33-15-11-28(12-16-33)27-7-3-1-4-8-27/h1-26H/q+2. The minimum Gasteiger partial charge on any atom is -0.289 e. The first-order valence-electron chi connectivity index (χ1n) is 12.6. The molecule has 0 saturated carbocycles. The maximum Gasteiger partial charge on any atom is 0.210 e. The van der Waals surface area contributed by atoms with Crippen molar-refractivity contribution in [3.8, 4) is 33.6 Å². The number of rotatable bonds is 6.